The van der Waals surface area contributed by atoms with E-state index in [1.165, 1.54) is 6.21 Å². The Morgan fingerprint density at radius 3 is 2.35 bits per heavy atom. The lowest BCUT2D eigenvalue weighted by Crippen LogP contribution is -2.32. The number of carbonyl (C=O) groups is 3. The average molecular weight is 460 g/mol. The number of anilines is 2. The molecule has 3 aromatic rings. The second-order valence-electron chi connectivity index (χ2n) is 7.16. The molecule has 0 aromatic heterocycles. The number of rotatable bonds is 8. The fraction of sp³-hybridized carbons (Fsp3) is 0.120. The van der Waals surface area contributed by atoms with Gasteiger partial charge in [0.2, 0.25) is 0 Å². The summed E-state index contributed by atoms with van der Waals surface area (Å²) in [6.45, 7) is 1.72. The van der Waals surface area contributed by atoms with Crippen molar-refractivity contribution in [1.29, 1.82) is 0 Å². The van der Waals surface area contributed by atoms with E-state index >= 15 is 0 Å². The number of carbonyl (C=O) groups excluding carboxylic acids is 3. The number of benzene rings is 3. The highest BCUT2D eigenvalue weighted by atomic mass is 16.5. The van der Waals surface area contributed by atoms with Crippen molar-refractivity contribution in [3.63, 3.8) is 0 Å². The first-order valence-corrected chi connectivity index (χ1v) is 10.3. The van der Waals surface area contributed by atoms with Gasteiger partial charge in [-0.3, -0.25) is 14.4 Å². The van der Waals surface area contributed by atoms with Gasteiger partial charge in [0.1, 0.15) is 11.5 Å². The lowest BCUT2D eigenvalue weighted by atomic mass is 10.2. The zero-order valence-corrected chi connectivity index (χ0v) is 18.7. The number of nitrogens with one attached hydrogen (secondary N) is 3. The highest BCUT2D eigenvalue weighted by Gasteiger charge is 2.12. The molecule has 0 aliphatic carbocycles. The maximum absolute atomic E-state index is 12.1. The van der Waals surface area contributed by atoms with Crippen molar-refractivity contribution in [2.24, 2.45) is 5.10 Å². The van der Waals surface area contributed by atoms with Gasteiger partial charge in [-0.05, 0) is 48.9 Å². The van der Waals surface area contributed by atoms with Gasteiger partial charge in [-0.2, -0.15) is 5.10 Å². The van der Waals surface area contributed by atoms with Gasteiger partial charge >= 0.3 is 11.8 Å². The van der Waals surface area contributed by atoms with E-state index < -0.39 is 11.8 Å². The Bertz CT molecular complexity index is 1190. The second kappa shape index (κ2) is 11.8. The molecule has 34 heavy (non-hydrogen) atoms. The van der Waals surface area contributed by atoms with Gasteiger partial charge in [0.25, 0.3) is 5.91 Å². The molecule has 0 saturated carbocycles. The Morgan fingerprint density at radius 1 is 0.853 bits per heavy atom. The van der Waals surface area contributed by atoms with Crippen molar-refractivity contribution in [1.82, 2.24) is 5.43 Å². The fourth-order valence-electron chi connectivity index (χ4n) is 2.77. The molecule has 0 aliphatic heterocycles. The van der Waals surface area contributed by atoms with E-state index in [0.717, 1.165) is 5.56 Å². The molecule has 9 nitrogen and oxygen atoms in total. The van der Waals surface area contributed by atoms with Crippen LogP contribution in [0.1, 0.15) is 11.1 Å². The number of ether oxygens (including phenoxy) is 2. The maximum Gasteiger partial charge on any atom is 0.329 e. The first kappa shape index (κ1) is 24.0. The van der Waals surface area contributed by atoms with Gasteiger partial charge < -0.3 is 20.1 Å². The molecule has 0 radical (unpaired) electrons. The second-order valence-corrected chi connectivity index (χ2v) is 7.16. The number of hydrogen-bond acceptors (Lipinski definition) is 6. The highest BCUT2D eigenvalue weighted by molar-refractivity contribution is 6.39. The standard InChI is InChI=1S/C25H24N4O5/c1-17-9-11-19(12-10-17)28-24(31)25(32)29-26-15-18-5-3-8-22(13-18)34-16-23(30)27-20-6-4-7-21(14-20)33-2/h3-15H,16H2,1-2H3,(H,27,30)(H,28,31)(H,29,32)/b26-15-. The van der Waals surface area contributed by atoms with Crippen LogP contribution < -0.4 is 25.5 Å². The third kappa shape index (κ3) is 7.49. The van der Waals surface area contributed by atoms with Crippen LogP contribution >= 0.6 is 0 Å². The number of hydrazone groups is 1. The van der Waals surface area contributed by atoms with Crippen LogP contribution in [-0.2, 0) is 14.4 Å². The minimum atomic E-state index is -0.904. The molecule has 3 amide bonds. The minimum Gasteiger partial charge on any atom is -0.497 e. The van der Waals surface area contributed by atoms with Gasteiger partial charge in [0.05, 0.1) is 13.3 Å². The van der Waals surface area contributed by atoms with Crippen LogP contribution in [0.4, 0.5) is 11.4 Å². The Kier molecular flexibility index (Phi) is 8.34. The molecule has 174 valence electrons. The minimum absolute atomic E-state index is 0.201. The molecule has 0 atom stereocenters. The molecule has 0 unspecified atom stereocenters. The summed E-state index contributed by atoms with van der Waals surface area (Å²) in [6.07, 6.45) is 1.36. The fourth-order valence-corrected chi connectivity index (χ4v) is 2.77. The van der Waals surface area contributed by atoms with Crippen LogP contribution in [0.15, 0.2) is 77.9 Å². The molecular formula is C25H24N4O5. The average Bonchev–Trinajstić information content (AvgIpc) is 2.84. The van der Waals surface area contributed by atoms with Gasteiger partial charge in [-0.25, -0.2) is 5.43 Å². The van der Waals surface area contributed by atoms with E-state index in [4.69, 9.17) is 9.47 Å². The summed E-state index contributed by atoms with van der Waals surface area (Å²) < 4.78 is 10.6. The molecule has 0 aliphatic rings. The van der Waals surface area contributed by atoms with E-state index in [1.54, 1.807) is 67.8 Å². The zero-order chi connectivity index (χ0) is 24.3. The van der Waals surface area contributed by atoms with E-state index in [-0.39, 0.29) is 12.5 Å². The zero-order valence-electron chi connectivity index (χ0n) is 18.7. The third-order valence-corrected chi connectivity index (χ3v) is 4.48. The third-order valence-electron chi connectivity index (χ3n) is 4.48. The van der Waals surface area contributed by atoms with Gasteiger partial charge in [0.15, 0.2) is 6.61 Å². The summed E-state index contributed by atoms with van der Waals surface area (Å²) in [7, 11) is 1.55. The summed E-state index contributed by atoms with van der Waals surface area (Å²) in [5.41, 5.74) is 4.91. The number of methoxy groups -OCH3 is 1. The smallest absolute Gasteiger partial charge is 0.329 e. The number of amides is 3. The van der Waals surface area contributed by atoms with Gasteiger partial charge in [0, 0.05) is 17.4 Å². The quantitative estimate of drug-likeness (QED) is 0.271. The Labute approximate surface area is 196 Å². The van der Waals surface area contributed by atoms with Crippen LogP contribution in [-0.4, -0.2) is 37.7 Å². The lowest BCUT2D eigenvalue weighted by molar-refractivity contribution is -0.136. The molecule has 0 fully saturated rings. The lowest BCUT2D eigenvalue weighted by Gasteiger charge is -2.09. The van der Waals surface area contributed by atoms with E-state index in [9.17, 15) is 14.4 Å². The molecule has 9 heteroatoms. The molecular weight excluding hydrogens is 436 g/mol. The summed E-state index contributed by atoms with van der Waals surface area (Å²) in [5.74, 6) is -1.00. The van der Waals surface area contributed by atoms with Crippen LogP contribution in [0.25, 0.3) is 0 Å². The van der Waals surface area contributed by atoms with Crippen molar-refractivity contribution < 1.29 is 23.9 Å². The normalized spacial score (nSPS) is 10.4. The van der Waals surface area contributed by atoms with Crippen molar-refractivity contribution in [2.45, 2.75) is 6.92 Å². The predicted octanol–water partition coefficient (Wildman–Crippen LogP) is 3.11. The van der Waals surface area contributed by atoms with Crippen LogP contribution in [0.3, 0.4) is 0 Å². The molecule has 3 N–H and O–H groups in total. The van der Waals surface area contributed by atoms with E-state index in [0.29, 0.717) is 28.4 Å². The Balaban J connectivity index is 1.47. The Hall–Kier alpha value is -4.66. The summed E-state index contributed by atoms with van der Waals surface area (Å²) in [6, 6.07) is 20.8. The number of nitrogens with zero attached hydrogens (tertiary/aromatic N) is 1. The molecule has 0 saturated heterocycles. The molecule has 0 spiro atoms. The van der Waals surface area contributed by atoms with Crippen LogP contribution in [0, 0.1) is 6.92 Å². The largest absolute Gasteiger partial charge is 0.497 e. The summed E-state index contributed by atoms with van der Waals surface area (Å²) >= 11 is 0. The number of aryl methyl sites for hydroxylation is 1. The molecule has 0 heterocycles. The summed E-state index contributed by atoms with van der Waals surface area (Å²) in [4.78, 5) is 36.0. The predicted molar refractivity (Wildman–Crippen MR) is 129 cm³/mol. The van der Waals surface area contributed by atoms with Crippen molar-refractivity contribution in [3.8, 4) is 11.5 Å². The van der Waals surface area contributed by atoms with Crippen molar-refractivity contribution in [3.05, 3.63) is 83.9 Å². The first-order chi connectivity index (χ1) is 16.4. The first-order valence-electron chi connectivity index (χ1n) is 10.3. The van der Waals surface area contributed by atoms with Gasteiger partial charge in [-0.1, -0.05) is 35.9 Å². The monoisotopic (exact) mass is 460 g/mol. The Morgan fingerprint density at radius 2 is 1.59 bits per heavy atom. The molecule has 3 rings (SSSR count). The molecule has 0 bridgehead atoms. The van der Waals surface area contributed by atoms with Crippen molar-refractivity contribution >= 4 is 35.3 Å². The van der Waals surface area contributed by atoms with Crippen LogP contribution in [0.2, 0.25) is 0 Å². The van der Waals surface area contributed by atoms with E-state index in [2.05, 4.69) is 21.2 Å². The van der Waals surface area contributed by atoms with Crippen LogP contribution in [0.5, 0.6) is 11.5 Å². The number of hydrogen-bond donors (Lipinski definition) is 3. The maximum atomic E-state index is 12.1. The topological polar surface area (TPSA) is 118 Å². The molecule has 3 aromatic carbocycles. The highest BCUT2D eigenvalue weighted by Crippen LogP contribution is 2.17. The van der Waals surface area contributed by atoms with Crippen molar-refractivity contribution in [2.75, 3.05) is 24.4 Å². The van der Waals surface area contributed by atoms with E-state index in [1.807, 2.05) is 19.1 Å². The summed E-state index contributed by atoms with van der Waals surface area (Å²) in [5, 5.41) is 9.01. The van der Waals surface area contributed by atoms with Gasteiger partial charge in [-0.15, -0.1) is 0 Å². The SMILES string of the molecule is COc1cccc(NC(=O)COc2cccc(/C=N\NC(=O)C(=O)Nc3ccc(C)cc3)c2)c1.